The fourth-order valence-electron chi connectivity index (χ4n) is 4.02. The second kappa shape index (κ2) is 8.03. The summed E-state index contributed by atoms with van der Waals surface area (Å²) in [5.74, 6) is -0.470. The number of fused-ring (bicyclic) bond motifs is 1. The molecule has 1 unspecified atom stereocenters. The molecule has 4 heterocycles. The standard InChI is InChI=1S/C23H21ClFN5O2/c1-13-14(2)28-22-19(18-4-3-16(24)7-20(18)25)8-17(11-30(22)23(13)31)29-5-6-32-21(12-29)15-9-26-27-10-15/h3-4,7-11,21H,5-6,12H2,1-2H3,(H,26,27). The molecule has 0 saturated carbocycles. The number of nitrogens with zero attached hydrogens (tertiary/aromatic N) is 4. The number of anilines is 1. The van der Waals surface area contributed by atoms with Gasteiger partial charge in [-0.2, -0.15) is 5.10 Å². The molecule has 164 valence electrons. The Morgan fingerprint density at radius 2 is 2.09 bits per heavy atom. The number of aryl methyl sites for hydroxylation is 1. The van der Waals surface area contributed by atoms with Gasteiger partial charge < -0.3 is 9.64 Å². The van der Waals surface area contributed by atoms with Crippen LogP contribution in [0.3, 0.4) is 0 Å². The number of rotatable bonds is 3. The van der Waals surface area contributed by atoms with Gasteiger partial charge in [-0.1, -0.05) is 11.6 Å². The first-order chi connectivity index (χ1) is 15.4. The normalized spacial score (nSPS) is 16.6. The van der Waals surface area contributed by atoms with Gasteiger partial charge in [0.15, 0.2) is 0 Å². The number of H-pyrrole nitrogens is 1. The molecule has 5 rings (SSSR count). The maximum absolute atomic E-state index is 14.9. The third kappa shape index (κ3) is 3.55. The van der Waals surface area contributed by atoms with Crippen LogP contribution in [0.15, 0.2) is 47.7 Å². The van der Waals surface area contributed by atoms with Crippen molar-refractivity contribution in [3.05, 3.63) is 80.9 Å². The second-order valence-electron chi connectivity index (χ2n) is 7.89. The number of benzene rings is 1. The Bertz CT molecular complexity index is 1370. The number of aromatic nitrogens is 4. The lowest BCUT2D eigenvalue weighted by Gasteiger charge is -2.34. The zero-order valence-corrected chi connectivity index (χ0v) is 18.4. The van der Waals surface area contributed by atoms with Gasteiger partial charge in [-0.3, -0.25) is 14.3 Å². The molecule has 1 N–H and O–H groups in total. The van der Waals surface area contributed by atoms with Gasteiger partial charge in [-0.05, 0) is 38.1 Å². The molecule has 1 aliphatic rings. The summed E-state index contributed by atoms with van der Waals surface area (Å²) in [6, 6.07) is 6.39. The molecular weight excluding hydrogens is 433 g/mol. The van der Waals surface area contributed by atoms with Crippen molar-refractivity contribution in [2.24, 2.45) is 0 Å². The first kappa shape index (κ1) is 20.7. The van der Waals surface area contributed by atoms with E-state index in [9.17, 15) is 9.18 Å². The summed E-state index contributed by atoms with van der Waals surface area (Å²) in [7, 11) is 0. The van der Waals surface area contributed by atoms with E-state index >= 15 is 0 Å². The molecule has 0 radical (unpaired) electrons. The van der Waals surface area contributed by atoms with Gasteiger partial charge in [0.05, 0.1) is 18.5 Å². The number of ether oxygens (including phenoxy) is 1. The molecule has 0 amide bonds. The highest BCUT2D eigenvalue weighted by molar-refractivity contribution is 6.30. The molecule has 0 spiro atoms. The average Bonchev–Trinajstić information content (AvgIpc) is 3.33. The van der Waals surface area contributed by atoms with Crippen molar-refractivity contribution in [3.8, 4) is 11.1 Å². The summed E-state index contributed by atoms with van der Waals surface area (Å²) in [4.78, 5) is 19.9. The molecule has 1 atom stereocenters. The largest absolute Gasteiger partial charge is 0.370 e. The van der Waals surface area contributed by atoms with Crippen LogP contribution in [0.2, 0.25) is 5.02 Å². The number of hydrogen-bond donors (Lipinski definition) is 1. The lowest BCUT2D eigenvalue weighted by molar-refractivity contribution is 0.0398. The number of aromatic amines is 1. The van der Waals surface area contributed by atoms with Crippen molar-refractivity contribution in [3.63, 3.8) is 0 Å². The van der Waals surface area contributed by atoms with Crippen molar-refractivity contribution >= 4 is 22.9 Å². The average molecular weight is 454 g/mol. The quantitative estimate of drug-likeness (QED) is 0.506. The maximum atomic E-state index is 14.9. The molecule has 1 saturated heterocycles. The number of morpholine rings is 1. The Kier molecular flexibility index (Phi) is 5.19. The summed E-state index contributed by atoms with van der Waals surface area (Å²) in [6.07, 6.45) is 5.16. The molecule has 1 aliphatic heterocycles. The molecule has 9 heteroatoms. The van der Waals surface area contributed by atoms with Gasteiger partial charge in [0.25, 0.3) is 5.56 Å². The lowest BCUT2D eigenvalue weighted by Crippen LogP contribution is -2.38. The second-order valence-corrected chi connectivity index (χ2v) is 8.33. The molecule has 1 aromatic carbocycles. The van der Waals surface area contributed by atoms with Crippen molar-refractivity contribution in [2.45, 2.75) is 20.0 Å². The van der Waals surface area contributed by atoms with E-state index in [0.717, 1.165) is 11.3 Å². The summed E-state index contributed by atoms with van der Waals surface area (Å²) in [5.41, 5.74) is 4.00. The topological polar surface area (TPSA) is 75.5 Å². The Labute approximate surface area is 188 Å². The first-order valence-electron chi connectivity index (χ1n) is 10.3. The molecule has 1 fully saturated rings. The maximum Gasteiger partial charge on any atom is 0.261 e. The third-order valence-electron chi connectivity index (χ3n) is 5.92. The van der Waals surface area contributed by atoms with E-state index in [0.29, 0.717) is 52.8 Å². The van der Waals surface area contributed by atoms with E-state index in [4.69, 9.17) is 16.3 Å². The van der Waals surface area contributed by atoms with Crippen LogP contribution in [0.5, 0.6) is 0 Å². The SMILES string of the molecule is Cc1nc2c(-c3ccc(Cl)cc3F)cc(N3CCOC(c4cn[nH]c4)C3)cn2c(=O)c1C. The molecule has 7 nitrogen and oxygen atoms in total. The van der Waals surface area contributed by atoms with Crippen molar-refractivity contribution in [1.82, 2.24) is 19.6 Å². The molecule has 0 aliphatic carbocycles. The van der Waals surface area contributed by atoms with E-state index in [1.54, 1.807) is 38.4 Å². The van der Waals surface area contributed by atoms with Crippen LogP contribution in [-0.2, 0) is 4.74 Å². The first-order valence-corrected chi connectivity index (χ1v) is 10.6. The predicted molar refractivity (Wildman–Crippen MR) is 121 cm³/mol. The minimum absolute atomic E-state index is 0.163. The third-order valence-corrected chi connectivity index (χ3v) is 6.16. The fourth-order valence-corrected chi connectivity index (χ4v) is 4.18. The molecule has 4 aromatic rings. The Balaban J connectivity index is 1.69. The molecule has 3 aromatic heterocycles. The molecular formula is C23H21ClFN5O2. The number of halogens is 2. The lowest BCUT2D eigenvalue weighted by atomic mass is 10.0. The number of pyridine rings is 1. The Morgan fingerprint density at radius 1 is 1.25 bits per heavy atom. The van der Waals surface area contributed by atoms with E-state index in [-0.39, 0.29) is 11.7 Å². The fraction of sp³-hybridized carbons (Fsp3) is 0.261. The van der Waals surface area contributed by atoms with Gasteiger partial charge >= 0.3 is 0 Å². The van der Waals surface area contributed by atoms with Gasteiger partial charge in [-0.25, -0.2) is 9.37 Å². The highest BCUT2D eigenvalue weighted by Crippen LogP contribution is 2.33. The van der Waals surface area contributed by atoms with Crippen LogP contribution in [0.25, 0.3) is 16.8 Å². The van der Waals surface area contributed by atoms with Crippen molar-refractivity contribution in [1.29, 1.82) is 0 Å². The van der Waals surface area contributed by atoms with Crippen molar-refractivity contribution in [2.75, 3.05) is 24.6 Å². The highest BCUT2D eigenvalue weighted by Gasteiger charge is 2.25. The van der Waals surface area contributed by atoms with E-state index in [1.165, 1.54) is 10.5 Å². The summed E-state index contributed by atoms with van der Waals surface area (Å²) in [6.45, 7) is 5.24. The smallest absolute Gasteiger partial charge is 0.261 e. The van der Waals surface area contributed by atoms with E-state index in [2.05, 4.69) is 20.1 Å². The summed E-state index contributed by atoms with van der Waals surface area (Å²) >= 11 is 5.97. The monoisotopic (exact) mass is 453 g/mol. The van der Waals surface area contributed by atoms with Crippen LogP contribution in [-0.4, -0.2) is 39.3 Å². The molecule has 0 bridgehead atoms. The van der Waals surface area contributed by atoms with Crippen molar-refractivity contribution < 1.29 is 9.13 Å². The number of nitrogens with one attached hydrogen (secondary N) is 1. The van der Waals surface area contributed by atoms with Crippen LogP contribution >= 0.6 is 11.6 Å². The molecule has 32 heavy (non-hydrogen) atoms. The Hall–Kier alpha value is -3.23. The zero-order chi connectivity index (χ0) is 22.4. The van der Waals surface area contributed by atoms with Crippen LogP contribution < -0.4 is 10.5 Å². The summed E-state index contributed by atoms with van der Waals surface area (Å²) < 4.78 is 22.3. The Morgan fingerprint density at radius 3 is 2.84 bits per heavy atom. The van der Waals surface area contributed by atoms with Crippen LogP contribution in [0, 0.1) is 19.7 Å². The van der Waals surface area contributed by atoms with E-state index in [1.807, 2.05) is 12.3 Å². The zero-order valence-electron chi connectivity index (χ0n) is 17.6. The van der Waals surface area contributed by atoms with Gasteiger partial charge in [-0.15, -0.1) is 0 Å². The minimum Gasteiger partial charge on any atom is -0.370 e. The van der Waals surface area contributed by atoms with Gasteiger partial charge in [0.1, 0.15) is 17.6 Å². The number of hydrogen-bond acceptors (Lipinski definition) is 5. The predicted octanol–water partition coefficient (Wildman–Crippen LogP) is 4.07. The van der Waals surface area contributed by atoms with Gasteiger partial charge in [0.2, 0.25) is 0 Å². The summed E-state index contributed by atoms with van der Waals surface area (Å²) in [5, 5.41) is 7.12. The van der Waals surface area contributed by atoms with Crippen LogP contribution in [0.1, 0.15) is 22.9 Å². The highest BCUT2D eigenvalue weighted by atomic mass is 35.5. The van der Waals surface area contributed by atoms with Gasteiger partial charge in [0, 0.05) is 58.5 Å². The minimum atomic E-state index is -0.470. The van der Waals surface area contributed by atoms with Crippen LogP contribution in [0.4, 0.5) is 10.1 Å². The van der Waals surface area contributed by atoms with E-state index < -0.39 is 5.82 Å².